The normalized spacial score (nSPS) is 21.0. The van der Waals surface area contributed by atoms with E-state index in [4.69, 9.17) is 9.72 Å². The Morgan fingerprint density at radius 2 is 1.94 bits per heavy atom. The van der Waals surface area contributed by atoms with E-state index in [9.17, 15) is 14.7 Å². The lowest BCUT2D eigenvalue weighted by Crippen LogP contribution is -2.48. The summed E-state index contributed by atoms with van der Waals surface area (Å²) in [5, 5.41) is 12.1. The first-order valence-electron chi connectivity index (χ1n) is 12.6. The molecule has 0 radical (unpaired) electrons. The molecule has 4 heterocycles. The minimum atomic E-state index is -0.874. The van der Waals surface area contributed by atoms with E-state index in [0.29, 0.717) is 45.2 Å². The van der Waals surface area contributed by atoms with Gasteiger partial charge in [0, 0.05) is 62.9 Å². The Morgan fingerprint density at radius 1 is 1.14 bits per heavy atom. The molecule has 6 rings (SSSR count). The highest BCUT2D eigenvalue weighted by Gasteiger charge is 2.31. The van der Waals surface area contributed by atoms with E-state index >= 15 is 0 Å². The third kappa shape index (κ3) is 4.31. The van der Waals surface area contributed by atoms with Crippen LogP contribution >= 0.6 is 0 Å². The van der Waals surface area contributed by atoms with Gasteiger partial charge in [0.25, 0.3) is 0 Å². The van der Waals surface area contributed by atoms with Crippen LogP contribution in [0.5, 0.6) is 5.75 Å². The van der Waals surface area contributed by atoms with Crippen molar-refractivity contribution in [3.05, 3.63) is 36.8 Å². The second kappa shape index (κ2) is 9.00. The van der Waals surface area contributed by atoms with E-state index in [2.05, 4.69) is 31.9 Å². The van der Waals surface area contributed by atoms with Gasteiger partial charge in [-0.2, -0.15) is 0 Å². The molecule has 10 heteroatoms. The highest BCUT2D eigenvalue weighted by Crippen LogP contribution is 2.41. The van der Waals surface area contributed by atoms with Crippen LogP contribution in [0.3, 0.4) is 0 Å². The molecular weight excluding hydrogens is 460 g/mol. The Hall–Kier alpha value is -3.82. The number of benzene rings is 1. The number of fused-ring (bicyclic) bond motifs is 1. The zero-order valence-corrected chi connectivity index (χ0v) is 20.3. The fraction of sp³-hybridized carbons (Fsp3) is 0.462. The maximum atomic E-state index is 11.7. The van der Waals surface area contributed by atoms with Crippen LogP contribution in [-0.2, 0) is 4.79 Å². The molecule has 3 fully saturated rings. The fourth-order valence-electron chi connectivity index (χ4n) is 5.15. The molecule has 1 aromatic carbocycles. The predicted molar refractivity (Wildman–Crippen MR) is 134 cm³/mol. The van der Waals surface area contributed by atoms with Gasteiger partial charge in [0.1, 0.15) is 23.2 Å². The molecule has 0 bridgehead atoms. The molecule has 2 aliphatic heterocycles. The van der Waals surface area contributed by atoms with Crippen molar-refractivity contribution in [3.63, 3.8) is 0 Å². The number of nitrogens with one attached hydrogen (secondary N) is 1. The number of ether oxygens (including phenoxy) is 1. The van der Waals surface area contributed by atoms with Crippen LogP contribution in [-0.4, -0.2) is 75.4 Å². The van der Waals surface area contributed by atoms with Gasteiger partial charge in [0.05, 0.1) is 11.8 Å². The van der Waals surface area contributed by atoms with Crippen LogP contribution in [0.4, 0.5) is 10.6 Å². The molecule has 36 heavy (non-hydrogen) atoms. The van der Waals surface area contributed by atoms with Gasteiger partial charge in [-0.25, -0.2) is 14.8 Å². The Morgan fingerprint density at radius 3 is 2.58 bits per heavy atom. The molecule has 0 spiro atoms. The van der Waals surface area contributed by atoms with E-state index < -0.39 is 6.09 Å². The van der Waals surface area contributed by atoms with E-state index in [1.165, 1.54) is 4.90 Å². The molecule has 2 amide bonds. The summed E-state index contributed by atoms with van der Waals surface area (Å²) in [4.78, 5) is 35.8. The first-order valence-corrected chi connectivity index (χ1v) is 12.6. The quantitative estimate of drug-likeness (QED) is 0.546. The lowest BCUT2D eigenvalue weighted by molar-refractivity contribution is -0.119. The van der Waals surface area contributed by atoms with E-state index in [1.54, 1.807) is 0 Å². The van der Waals surface area contributed by atoms with Gasteiger partial charge < -0.3 is 29.5 Å². The number of anilines is 1. The van der Waals surface area contributed by atoms with Crippen LogP contribution in [0, 0.1) is 5.92 Å². The van der Waals surface area contributed by atoms with Crippen molar-refractivity contribution in [2.45, 2.75) is 38.3 Å². The molecule has 0 unspecified atom stereocenters. The molecule has 2 atom stereocenters. The third-order valence-corrected chi connectivity index (χ3v) is 7.52. The van der Waals surface area contributed by atoms with Gasteiger partial charge in [-0.15, -0.1) is 0 Å². The highest BCUT2D eigenvalue weighted by molar-refractivity contribution is 5.88. The van der Waals surface area contributed by atoms with Gasteiger partial charge in [0.15, 0.2) is 0 Å². The van der Waals surface area contributed by atoms with Gasteiger partial charge in [-0.05, 0) is 49.6 Å². The summed E-state index contributed by atoms with van der Waals surface area (Å²) >= 11 is 0. The first kappa shape index (κ1) is 22.6. The number of imidazole rings is 1. The maximum Gasteiger partial charge on any atom is 0.407 e. The minimum absolute atomic E-state index is 0.0768. The average molecular weight is 491 g/mol. The molecule has 2 aromatic heterocycles. The van der Waals surface area contributed by atoms with Crippen molar-refractivity contribution in [2.24, 2.45) is 5.92 Å². The number of carbonyl (C=O) groups excluding carboxylic acids is 1. The Kier molecular flexibility index (Phi) is 5.66. The molecule has 1 saturated carbocycles. The zero-order chi connectivity index (χ0) is 24.8. The standard InChI is InChI=1S/C26H30N6O4/c1-16(19-12-24(33)28-14-19)36-22-11-18(10-21-25(22)32(15-29-21)20-3-4-20)17-2-5-23(27-13-17)30-6-8-31(9-7-30)26(34)35/h2,5,10-11,13,15-16,19-20H,3-4,6-9,12,14H2,1H3,(H,28,33)(H,34,35)/t16-,19-/m1/s1. The second-order valence-electron chi connectivity index (χ2n) is 9.98. The molecule has 3 aromatic rings. The van der Waals surface area contributed by atoms with Gasteiger partial charge in [0.2, 0.25) is 5.91 Å². The summed E-state index contributed by atoms with van der Waals surface area (Å²) in [6, 6.07) is 8.63. The summed E-state index contributed by atoms with van der Waals surface area (Å²) in [6.45, 7) is 4.86. The van der Waals surface area contributed by atoms with E-state index in [-0.39, 0.29) is 17.9 Å². The molecule has 1 aliphatic carbocycles. The summed E-state index contributed by atoms with van der Waals surface area (Å²) in [5.74, 6) is 1.84. The van der Waals surface area contributed by atoms with Crippen LogP contribution in [0.2, 0.25) is 0 Å². The van der Waals surface area contributed by atoms with Crippen molar-refractivity contribution in [2.75, 3.05) is 37.6 Å². The van der Waals surface area contributed by atoms with Crippen molar-refractivity contribution >= 4 is 28.9 Å². The van der Waals surface area contributed by atoms with Crippen molar-refractivity contribution in [3.8, 4) is 16.9 Å². The molecule has 2 saturated heterocycles. The van der Waals surface area contributed by atoms with E-state index in [0.717, 1.165) is 46.6 Å². The average Bonchev–Trinajstić information content (AvgIpc) is 3.49. The number of pyridine rings is 1. The Bertz CT molecular complexity index is 1290. The largest absolute Gasteiger partial charge is 0.488 e. The number of amides is 2. The molecular formula is C26H30N6O4. The number of aromatic nitrogens is 3. The lowest BCUT2D eigenvalue weighted by Gasteiger charge is -2.33. The van der Waals surface area contributed by atoms with Crippen molar-refractivity contribution in [1.82, 2.24) is 24.8 Å². The molecule has 188 valence electrons. The number of hydrogen-bond acceptors (Lipinski definition) is 6. The van der Waals surface area contributed by atoms with Gasteiger partial charge in [-0.1, -0.05) is 0 Å². The van der Waals surface area contributed by atoms with Crippen LogP contribution in [0.25, 0.3) is 22.2 Å². The number of carbonyl (C=O) groups is 2. The second-order valence-corrected chi connectivity index (χ2v) is 9.98. The summed E-state index contributed by atoms with van der Waals surface area (Å²) in [5.41, 5.74) is 3.82. The highest BCUT2D eigenvalue weighted by atomic mass is 16.5. The first-order chi connectivity index (χ1) is 17.5. The van der Waals surface area contributed by atoms with Gasteiger partial charge >= 0.3 is 6.09 Å². The predicted octanol–water partition coefficient (Wildman–Crippen LogP) is 3.14. The molecule has 3 aliphatic rings. The minimum Gasteiger partial charge on any atom is -0.488 e. The summed E-state index contributed by atoms with van der Waals surface area (Å²) in [7, 11) is 0. The smallest absolute Gasteiger partial charge is 0.407 e. The van der Waals surface area contributed by atoms with Crippen molar-refractivity contribution < 1.29 is 19.4 Å². The number of piperazine rings is 1. The van der Waals surface area contributed by atoms with Crippen molar-refractivity contribution in [1.29, 1.82) is 0 Å². The summed E-state index contributed by atoms with van der Waals surface area (Å²) < 4.78 is 8.73. The zero-order valence-electron chi connectivity index (χ0n) is 20.3. The molecule has 2 N–H and O–H groups in total. The number of nitrogens with zero attached hydrogens (tertiary/aromatic N) is 5. The van der Waals surface area contributed by atoms with Crippen LogP contribution in [0.15, 0.2) is 36.8 Å². The Balaban J connectivity index is 1.27. The van der Waals surface area contributed by atoms with Crippen LogP contribution < -0.4 is 15.0 Å². The lowest BCUT2D eigenvalue weighted by atomic mass is 10.0. The fourth-order valence-corrected chi connectivity index (χ4v) is 5.15. The topological polar surface area (TPSA) is 113 Å². The number of carboxylic acid groups (broad SMARTS) is 1. The van der Waals surface area contributed by atoms with E-state index in [1.807, 2.05) is 31.6 Å². The SMILES string of the molecule is C[C@@H](Oc1cc(-c2ccc(N3CCN(C(=O)O)CC3)nc2)cc2ncn(C3CC3)c12)[C@H]1CNC(=O)C1. The third-order valence-electron chi connectivity index (χ3n) is 7.52. The maximum absolute atomic E-state index is 11.7. The van der Waals surface area contributed by atoms with Gasteiger partial charge in [-0.3, -0.25) is 4.79 Å². The number of rotatable bonds is 6. The number of hydrogen-bond donors (Lipinski definition) is 2. The molecule has 10 nitrogen and oxygen atoms in total. The monoisotopic (exact) mass is 490 g/mol. The summed E-state index contributed by atoms with van der Waals surface area (Å²) in [6.07, 6.45) is 5.55. The Labute approximate surface area is 208 Å². The van der Waals surface area contributed by atoms with Crippen LogP contribution in [0.1, 0.15) is 32.2 Å².